The van der Waals surface area contributed by atoms with Gasteiger partial charge in [0.2, 0.25) is 0 Å². The molecule has 0 saturated carbocycles. The first-order chi connectivity index (χ1) is 7.29. The summed E-state index contributed by atoms with van der Waals surface area (Å²) in [6.07, 6.45) is 5.84. The second-order valence-electron chi connectivity index (χ2n) is 4.14. The average molecular weight is 269 g/mol. The third kappa shape index (κ3) is 2.79. The molecule has 82 valence electrons. The minimum atomic E-state index is 0.774. The lowest BCUT2D eigenvalue weighted by atomic mass is 10.1. The first-order valence-corrected chi connectivity index (χ1v) is 6.43. The van der Waals surface area contributed by atoms with E-state index >= 15 is 0 Å². The van der Waals surface area contributed by atoms with Crippen LogP contribution in [0.2, 0.25) is 0 Å². The van der Waals surface area contributed by atoms with Crippen LogP contribution in [-0.4, -0.2) is 22.5 Å². The van der Waals surface area contributed by atoms with Gasteiger partial charge in [0.25, 0.3) is 0 Å². The van der Waals surface area contributed by atoms with Gasteiger partial charge in [-0.2, -0.15) is 0 Å². The Morgan fingerprint density at radius 3 is 3.07 bits per heavy atom. The smallest absolute Gasteiger partial charge is 0.0544 e. The van der Waals surface area contributed by atoms with Gasteiger partial charge in [0.15, 0.2) is 0 Å². The number of halogens is 1. The topological polar surface area (TPSA) is 16.1 Å². The van der Waals surface area contributed by atoms with Crippen LogP contribution in [-0.2, 0) is 6.54 Å². The van der Waals surface area contributed by atoms with E-state index < -0.39 is 0 Å². The molecule has 15 heavy (non-hydrogen) atoms. The molecule has 2 rings (SSSR count). The van der Waals surface area contributed by atoms with Gasteiger partial charge in [-0.15, -0.1) is 0 Å². The van der Waals surface area contributed by atoms with Crippen molar-refractivity contribution in [2.24, 2.45) is 0 Å². The first kappa shape index (κ1) is 11.1. The molecule has 1 aromatic rings. The maximum atomic E-state index is 4.42. The van der Waals surface area contributed by atoms with E-state index in [0.29, 0.717) is 0 Å². The Labute approximate surface area is 99.8 Å². The van der Waals surface area contributed by atoms with Crippen LogP contribution in [0, 0.1) is 0 Å². The fourth-order valence-corrected chi connectivity index (χ4v) is 2.51. The summed E-state index contributed by atoms with van der Waals surface area (Å²) in [5, 5.41) is 0. The monoisotopic (exact) mass is 268 g/mol. The Morgan fingerprint density at radius 1 is 1.53 bits per heavy atom. The summed E-state index contributed by atoms with van der Waals surface area (Å²) in [4.78, 5) is 6.97. The van der Waals surface area contributed by atoms with Crippen LogP contribution in [0.3, 0.4) is 0 Å². The van der Waals surface area contributed by atoms with Crippen molar-refractivity contribution in [2.45, 2.75) is 38.8 Å². The second-order valence-corrected chi connectivity index (χ2v) is 5.06. The van der Waals surface area contributed by atoms with Crippen LogP contribution in [0.15, 0.2) is 22.8 Å². The molecule has 0 radical (unpaired) electrons. The van der Waals surface area contributed by atoms with E-state index in [2.05, 4.69) is 44.9 Å². The molecular weight excluding hydrogens is 252 g/mol. The summed E-state index contributed by atoms with van der Waals surface area (Å²) in [5.74, 6) is 0. The molecule has 1 aliphatic heterocycles. The molecular formula is C12H17BrN2. The van der Waals surface area contributed by atoms with Crippen molar-refractivity contribution in [2.75, 3.05) is 6.54 Å². The molecule has 1 fully saturated rings. The van der Waals surface area contributed by atoms with Crippen LogP contribution in [0.25, 0.3) is 0 Å². The quantitative estimate of drug-likeness (QED) is 0.837. The predicted molar refractivity (Wildman–Crippen MR) is 65.7 cm³/mol. The number of nitrogens with zero attached hydrogens (tertiary/aromatic N) is 2. The average Bonchev–Trinajstić information content (AvgIpc) is 2.69. The minimum Gasteiger partial charge on any atom is -0.295 e. The van der Waals surface area contributed by atoms with E-state index in [9.17, 15) is 0 Å². The van der Waals surface area contributed by atoms with Crippen LogP contribution in [0.4, 0.5) is 0 Å². The molecule has 0 bridgehead atoms. The van der Waals surface area contributed by atoms with E-state index in [-0.39, 0.29) is 0 Å². The fourth-order valence-electron chi connectivity index (χ4n) is 2.27. The summed E-state index contributed by atoms with van der Waals surface area (Å²) in [5.41, 5.74) is 1.18. The number of aromatic nitrogens is 1. The Balaban J connectivity index is 1.99. The highest BCUT2D eigenvalue weighted by Crippen LogP contribution is 2.21. The van der Waals surface area contributed by atoms with E-state index in [1.54, 1.807) is 0 Å². The number of hydrogen-bond donors (Lipinski definition) is 0. The van der Waals surface area contributed by atoms with Gasteiger partial charge in [-0.05, 0) is 53.9 Å². The fraction of sp³-hybridized carbons (Fsp3) is 0.583. The van der Waals surface area contributed by atoms with E-state index in [0.717, 1.165) is 17.1 Å². The highest BCUT2D eigenvalue weighted by atomic mass is 79.9. The van der Waals surface area contributed by atoms with Gasteiger partial charge in [0.1, 0.15) is 0 Å². The molecule has 1 atom stereocenters. The lowest BCUT2D eigenvalue weighted by Gasteiger charge is -2.22. The van der Waals surface area contributed by atoms with Crippen molar-refractivity contribution in [3.63, 3.8) is 0 Å². The Hall–Kier alpha value is -0.410. The largest absolute Gasteiger partial charge is 0.295 e. The van der Waals surface area contributed by atoms with Crippen LogP contribution >= 0.6 is 15.9 Å². The van der Waals surface area contributed by atoms with Gasteiger partial charge in [0.05, 0.1) is 5.69 Å². The van der Waals surface area contributed by atoms with E-state index in [1.807, 2.05) is 6.20 Å². The van der Waals surface area contributed by atoms with Crippen molar-refractivity contribution >= 4 is 15.9 Å². The van der Waals surface area contributed by atoms with E-state index in [4.69, 9.17) is 0 Å². The zero-order valence-corrected chi connectivity index (χ0v) is 10.7. The predicted octanol–water partition coefficient (Wildman–Crippen LogP) is 3.22. The van der Waals surface area contributed by atoms with Gasteiger partial charge < -0.3 is 0 Å². The number of hydrogen-bond acceptors (Lipinski definition) is 2. The van der Waals surface area contributed by atoms with Crippen LogP contribution in [0.1, 0.15) is 31.9 Å². The normalized spacial score (nSPS) is 22.1. The molecule has 1 unspecified atom stereocenters. The molecule has 0 aliphatic carbocycles. The standard InChI is InChI=1S/C12H17BrN2/c1-2-12-4-3-7-15(12)9-11-6-5-10(13)8-14-11/h5-6,8,12H,2-4,7,9H2,1H3. The molecule has 3 heteroatoms. The third-order valence-electron chi connectivity index (χ3n) is 3.12. The lowest BCUT2D eigenvalue weighted by molar-refractivity contribution is 0.237. The second kappa shape index (κ2) is 5.08. The van der Waals surface area contributed by atoms with Crippen molar-refractivity contribution in [3.8, 4) is 0 Å². The summed E-state index contributed by atoms with van der Waals surface area (Å²) < 4.78 is 1.06. The molecule has 0 aromatic carbocycles. The SMILES string of the molecule is CCC1CCCN1Cc1ccc(Br)cn1. The van der Waals surface area contributed by atoms with Gasteiger partial charge in [0, 0.05) is 23.3 Å². The van der Waals surface area contributed by atoms with Crippen molar-refractivity contribution in [3.05, 3.63) is 28.5 Å². The number of likely N-dealkylation sites (tertiary alicyclic amines) is 1. The highest BCUT2D eigenvalue weighted by Gasteiger charge is 2.22. The molecule has 0 spiro atoms. The molecule has 1 aliphatic rings. The summed E-state index contributed by atoms with van der Waals surface area (Å²) >= 11 is 3.41. The van der Waals surface area contributed by atoms with Crippen LogP contribution in [0.5, 0.6) is 0 Å². The maximum absolute atomic E-state index is 4.42. The zero-order valence-electron chi connectivity index (χ0n) is 9.12. The summed E-state index contributed by atoms with van der Waals surface area (Å²) in [6, 6.07) is 4.95. The van der Waals surface area contributed by atoms with Crippen molar-refractivity contribution in [1.82, 2.24) is 9.88 Å². The van der Waals surface area contributed by atoms with Crippen LogP contribution < -0.4 is 0 Å². The van der Waals surface area contributed by atoms with Gasteiger partial charge in [-0.25, -0.2) is 0 Å². The Kier molecular flexibility index (Phi) is 3.76. The molecule has 0 amide bonds. The lowest BCUT2D eigenvalue weighted by Crippen LogP contribution is -2.28. The highest BCUT2D eigenvalue weighted by molar-refractivity contribution is 9.10. The third-order valence-corrected chi connectivity index (χ3v) is 3.59. The molecule has 2 nitrogen and oxygen atoms in total. The van der Waals surface area contributed by atoms with Gasteiger partial charge in [-0.1, -0.05) is 6.92 Å². The maximum Gasteiger partial charge on any atom is 0.0544 e. The summed E-state index contributed by atoms with van der Waals surface area (Å²) in [6.45, 7) is 4.51. The zero-order chi connectivity index (χ0) is 10.7. The number of pyridine rings is 1. The molecule has 1 aromatic heterocycles. The molecule has 0 N–H and O–H groups in total. The van der Waals surface area contributed by atoms with Gasteiger partial charge in [-0.3, -0.25) is 9.88 Å². The summed E-state index contributed by atoms with van der Waals surface area (Å²) in [7, 11) is 0. The molecule has 2 heterocycles. The minimum absolute atomic E-state index is 0.774. The Bertz CT molecular complexity index is 310. The Morgan fingerprint density at radius 2 is 2.40 bits per heavy atom. The van der Waals surface area contributed by atoms with Crippen molar-refractivity contribution in [1.29, 1.82) is 0 Å². The van der Waals surface area contributed by atoms with E-state index in [1.165, 1.54) is 31.5 Å². The first-order valence-electron chi connectivity index (χ1n) is 5.64. The number of rotatable bonds is 3. The van der Waals surface area contributed by atoms with Crippen molar-refractivity contribution < 1.29 is 0 Å². The molecule has 1 saturated heterocycles. The van der Waals surface area contributed by atoms with Gasteiger partial charge >= 0.3 is 0 Å².